The van der Waals surface area contributed by atoms with Crippen molar-refractivity contribution in [3.63, 3.8) is 0 Å². The molecule has 0 spiro atoms. The molecule has 4 heteroatoms. The Hall–Kier alpha value is -0.0900. The van der Waals surface area contributed by atoms with Gasteiger partial charge in [0.1, 0.15) is 0 Å². The molecular weight excluding hydrogens is 302 g/mol. The first kappa shape index (κ1) is 15.0. The molecule has 0 aliphatic carbocycles. The highest BCUT2D eigenvalue weighted by molar-refractivity contribution is 9.10. The Bertz CT molecular complexity index is 382. The van der Waals surface area contributed by atoms with Gasteiger partial charge in [-0.15, -0.1) is 0 Å². The Balaban J connectivity index is 2.70. The van der Waals surface area contributed by atoms with Crippen LogP contribution in [0, 0.1) is 0 Å². The molecule has 0 saturated carbocycles. The Kier molecular flexibility index (Phi) is 5.45. The van der Waals surface area contributed by atoms with Crippen molar-refractivity contribution in [1.82, 2.24) is 0 Å². The lowest BCUT2D eigenvalue weighted by Gasteiger charge is -2.25. The van der Waals surface area contributed by atoms with Crippen molar-refractivity contribution in [3.8, 4) is 0 Å². The second-order valence-electron chi connectivity index (χ2n) is 4.77. The van der Waals surface area contributed by atoms with Crippen molar-refractivity contribution in [3.05, 3.63) is 33.3 Å². The summed E-state index contributed by atoms with van der Waals surface area (Å²) in [6.45, 7) is 4.12. The summed E-state index contributed by atoms with van der Waals surface area (Å²) in [5.41, 5.74) is 7.09. The van der Waals surface area contributed by atoms with Gasteiger partial charge in [-0.05, 0) is 50.5 Å². The number of halogens is 2. The first-order valence-corrected chi connectivity index (χ1v) is 6.78. The van der Waals surface area contributed by atoms with Gasteiger partial charge in [-0.1, -0.05) is 27.5 Å². The molecule has 0 aliphatic heterocycles. The molecule has 2 N–H and O–H groups in total. The fourth-order valence-corrected chi connectivity index (χ4v) is 2.28. The van der Waals surface area contributed by atoms with E-state index in [9.17, 15) is 0 Å². The van der Waals surface area contributed by atoms with Crippen molar-refractivity contribution in [2.75, 3.05) is 7.11 Å². The van der Waals surface area contributed by atoms with E-state index >= 15 is 0 Å². The number of ether oxygens (including phenoxy) is 1. The number of rotatable bonds is 5. The van der Waals surface area contributed by atoms with E-state index in [1.54, 1.807) is 7.11 Å². The second kappa shape index (κ2) is 6.19. The van der Waals surface area contributed by atoms with Gasteiger partial charge in [0.25, 0.3) is 0 Å². The maximum Gasteiger partial charge on any atom is 0.0623 e. The van der Waals surface area contributed by atoms with E-state index in [1.165, 1.54) is 0 Å². The van der Waals surface area contributed by atoms with Crippen LogP contribution in [0.2, 0.25) is 5.02 Å². The van der Waals surface area contributed by atoms with E-state index in [2.05, 4.69) is 29.8 Å². The zero-order chi connectivity index (χ0) is 13.1. The Morgan fingerprint density at radius 2 is 2.12 bits per heavy atom. The van der Waals surface area contributed by atoms with Crippen molar-refractivity contribution in [2.24, 2.45) is 5.73 Å². The van der Waals surface area contributed by atoms with Crippen LogP contribution >= 0.6 is 27.5 Å². The van der Waals surface area contributed by atoms with Crippen LogP contribution in [0.1, 0.15) is 38.3 Å². The van der Waals surface area contributed by atoms with E-state index < -0.39 is 0 Å². The second-order valence-corrected chi connectivity index (χ2v) is 6.07. The molecule has 0 amide bonds. The SMILES string of the molecule is COC(C)(C)CCC(N)c1cc(Cl)ccc1Br. The number of nitrogens with two attached hydrogens (primary N) is 1. The minimum absolute atomic E-state index is 0.0301. The minimum atomic E-state index is -0.136. The predicted molar refractivity (Wildman–Crippen MR) is 76.4 cm³/mol. The molecule has 17 heavy (non-hydrogen) atoms. The summed E-state index contributed by atoms with van der Waals surface area (Å²) in [7, 11) is 1.72. The molecular formula is C13H19BrClNO. The van der Waals surface area contributed by atoms with Gasteiger partial charge in [-0.2, -0.15) is 0 Å². The predicted octanol–water partition coefficient (Wildman–Crippen LogP) is 4.31. The zero-order valence-electron chi connectivity index (χ0n) is 10.5. The van der Waals surface area contributed by atoms with E-state index in [0.717, 1.165) is 22.9 Å². The molecule has 96 valence electrons. The fraction of sp³-hybridized carbons (Fsp3) is 0.538. The van der Waals surface area contributed by atoms with Crippen molar-refractivity contribution < 1.29 is 4.74 Å². The standard InChI is InChI=1S/C13H19BrClNO/c1-13(2,17-3)7-6-12(16)10-8-9(15)4-5-11(10)14/h4-5,8,12H,6-7,16H2,1-3H3. The average Bonchev–Trinajstić information content (AvgIpc) is 2.29. The third kappa shape index (κ3) is 4.59. The minimum Gasteiger partial charge on any atom is -0.379 e. The summed E-state index contributed by atoms with van der Waals surface area (Å²) in [5, 5.41) is 0.713. The summed E-state index contributed by atoms with van der Waals surface area (Å²) in [6.07, 6.45) is 1.77. The van der Waals surface area contributed by atoms with E-state index in [-0.39, 0.29) is 11.6 Å². The Morgan fingerprint density at radius 3 is 2.71 bits per heavy atom. The number of hydrogen-bond donors (Lipinski definition) is 1. The lowest BCUT2D eigenvalue weighted by atomic mass is 9.95. The molecule has 0 radical (unpaired) electrons. The molecule has 0 aromatic heterocycles. The smallest absolute Gasteiger partial charge is 0.0623 e. The molecule has 0 heterocycles. The highest BCUT2D eigenvalue weighted by Crippen LogP contribution is 2.29. The fourth-order valence-electron chi connectivity index (χ4n) is 1.56. The summed E-state index contributed by atoms with van der Waals surface area (Å²) in [6, 6.07) is 5.66. The Labute approximate surface area is 117 Å². The van der Waals surface area contributed by atoms with Crippen LogP contribution in [0.25, 0.3) is 0 Å². The van der Waals surface area contributed by atoms with E-state index in [1.807, 2.05) is 18.2 Å². The molecule has 1 aromatic rings. The van der Waals surface area contributed by atoms with E-state index in [4.69, 9.17) is 22.1 Å². The van der Waals surface area contributed by atoms with Gasteiger partial charge in [0, 0.05) is 22.6 Å². The van der Waals surface area contributed by atoms with Crippen LogP contribution in [0.5, 0.6) is 0 Å². The summed E-state index contributed by atoms with van der Waals surface area (Å²) in [5.74, 6) is 0. The van der Waals surface area contributed by atoms with Gasteiger partial charge in [0.2, 0.25) is 0 Å². The highest BCUT2D eigenvalue weighted by Gasteiger charge is 2.19. The van der Waals surface area contributed by atoms with Gasteiger partial charge >= 0.3 is 0 Å². The zero-order valence-corrected chi connectivity index (χ0v) is 12.8. The lowest BCUT2D eigenvalue weighted by Crippen LogP contribution is -2.24. The topological polar surface area (TPSA) is 35.2 Å². The third-order valence-electron chi connectivity index (χ3n) is 2.97. The normalized spacial score (nSPS) is 13.8. The third-order valence-corrected chi connectivity index (χ3v) is 3.92. The van der Waals surface area contributed by atoms with Gasteiger partial charge in [0.05, 0.1) is 5.60 Å². The van der Waals surface area contributed by atoms with Gasteiger partial charge in [-0.3, -0.25) is 0 Å². The van der Waals surface area contributed by atoms with Crippen LogP contribution in [0.15, 0.2) is 22.7 Å². The molecule has 0 fully saturated rings. The summed E-state index contributed by atoms with van der Waals surface area (Å²) in [4.78, 5) is 0. The van der Waals surface area contributed by atoms with Crippen LogP contribution in [-0.2, 0) is 4.74 Å². The summed E-state index contributed by atoms with van der Waals surface area (Å²) < 4.78 is 6.39. The van der Waals surface area contributed by atoms with Crippen molar-refractivity contribution in [1.29, 1.82) is 0 Å². The van der Waals surface area contributed by atoms with Crippen molar-refractivity contribution >= 4 is 27.5 Å². The number of methoxy groups -OCH3 is 1. The first-order chi connectivity index (χ1) is 7.85. The quantitative estimate of drug-likeness (QED) is 0.877. The maximum atomic E-state index is 6.18. The molecule has 1 aromatic carbocycles. The average molecular weight is 321 g/mol. The maximum absolute atomic E-state index is 6.18. The molecule has 0 bridgehead atoms. The van der Waals surface area contributed by atoms with E-state index in [0.29, 0.717) is 5.02 Å². The molecule has 0 aliphatic rings. The molecule has 1 rings (SSSR count). The summed E-state index contributed by atoms with van der Waals surface area (Å²) >= 11 is 9.48. The largest absolute Gasteiger partial charge is 0.379 e. The van der Waals surface area contributed by atoms with Crippen molar-refractivity contribution in [2.45, 2.75) is 38.3 Å². The molecule has 0 saturated heterocycles. The lowest BCUT2D eigenvalue weighted by molar-refractivity contribution is 0.0125. The molecule has 2 nitrogen and oxygen atoms in total. The highest BCUT2D eigenvalue weighted by atomic mass is 79.9. The van der Waals surface area contributed by atoms with Crippen LogP contribution in [0.3, 0.4) is 0 Å². The van der Waals surface area contributed by atoms with Gasteiger partial charge in [-0.25, -0.2) is 0 Å². The molecule has 1 unspecified atom stereocenters. The monoisotopic (exact) mass is 319 g/mol. The first-order valence-electron chi connectivity index (χ1n) is 5.61. The number of hydrogen-bond acceptors (Lipinski definition) is 2. The van der Waals surface area contributed by atoms with Crippen LogP contribution in [0.4, 0.5) is 0 Å². The van der Waals surface area contributed by atoms with Gasteiger partial charge < -0.3 is 10.5 Å². The molecule has 1 atom stereocenters. The Morgan fingerprint density at radius 1 is 1.47 bits per heavy atom. The van der Waals surface area contributed by atoms with Crippen LogP contribution < -0.4 is 5.73 Å². The van der Waals surface area contributed by atoms with Gasteiger partial charge in [0.15, 0.2) is 0 Å². The number of benzene rings is 1. The van der Waals surface area contributed by atoms with Crippen LogP contribution in [-0.4, -0.2) is 12.7 Å².